The van der Waals surface area contributed by atoms with Gasteiger partial charge in [0, 0.05) is 24.3 Å². The van der Waals surface area contributed by atoms with Gasteiger partial charge < -0.3 is 20.8 Å². The van der Waals surface area contributed by atoms with Crippen LogP contribution in [0.5, 0.6) is 0 Å². The summed E-state index contributed by atoms with van der Waals surface area (Å²) in [6.45, 7) is 2.32. The predicted molar refractivity (Wildman–Crippen MR) is 136 cm³/mol. The van der Waals surface area contributed by atoms with E-state index in [2.05, 4.69) is 35.8 Å². The minimum Gasteiger partial charge on any atom is -0.481 e. The number of aryl methyl sites for hydroxylation is 2. The highest BCUT2D eigenvalue weighted by Crippen LogP contribution is 2.31. The first-order valence-corrected chi connectivity index (χ1v) is 12.4. The number of aliphatic carboxylic acids is 1. The molecule has 1 aliphatic rings. The fraction of sp³-hybridized carbons (Fsp3) is 0.345. The number of rotatable bonds is 10. The van der Waals surface area contributed by atoms with Crippen molar-refractivity contribution in [3.63, 3.8) is 0 Å². The van der Waals surface area contributed by atoms with Gasteiger partial charge in [0.25, 0.3) is 0 Å². The topological polar surface area (TPSA) is 81.6 Å². The molecule has 190 valence electrons. The Labute approximate surface area is 210 Å². The average Bonchev–Trinajstić information content (AvgIpc) is 2.84. The maximum Gasteiger partial charge on any atom is 0.307 e. The molecule has 3 aromatic rings. The molecular formula is C29H32F2N2O3. The van der Waals surface area contributed by atoms with Crippen LogP contribution < -0.4 is 10.6 Å². The Morgan fingerprint density at radius 1 is 1.06 bits per heavy atom. The molecular weight excluding hydrogens is 462 g/mol. The van der Waals surface area contributed by atoms with E-state index in [1.54, 1.807) is 24.3 Å². The number of anilines is 1. The maximum atomic E-state index is 14.1. The van der Waals surface area contributed by atoms with Crippen molar-refractivity contribution in [2.45, 2.75) is 57.2 Å². The highest BCUT2D eigenvalue weighted by atomic mass is 19.1. The van der Waals surface area contributed by atoms with Crippen LogP contribution in [0.15, 0.2) is 60.7 Å². The van der Waals surface area contributed by atoms with Gasteiger partial charge in [-0.2, -0.15) is 0 Å². The summed E-state index contributed by atoms with van der Waals surface area (Å²) in [7, 11) is 0. The predicted octanol–water partition coefficient (Wildman–Crippen LogP) is 5.34. The molecule has 0 saturated carbocycles. The van der Waals surface area contributed by atoms with Gasteiger partial charge >= 0.3 is 5.97 Å². The second kappa shape index (κ2) is 11.6. The molecule has 5 nitrogen and oxygen atoms in total. The van der Waals surface area contributed by atoms with Gasteiger partial charge in [0.05, 0.1) is 18.6 Å². The summed E-state index contributed by atoms with van der Waals surface area (Å²) in [6, 6.07) is 15.8. The SMILES string of the molecule is CCc1ccc2c(c1)C(NCC(O)C(Nc1cccc(CC(=O)O)c1)c1cc(F)cc(F)c1)CCC2. The Morgan fingerprint density at radius 3 is 2.56 bits per heavy atom. The lowest BCUT2D eigenvalue weighted by atomic mass is 9.86. The molecule has 0 aromatic heterocycles. The summed E-state index contributed by atoms with van der Waals surface area (Å²) >= 11 is 0. The molecule has 0 fully saturated rings. The van der Waals surface area contributed by atoms with Crippen LogP contribution >= 0.6 is 0 Å². The van der Waals surface area contributed by atoms with Crippen molar-refractivity contribution in [2.24, 2.45) is 0 Å². The van der Waals surface area contributed by atoms with Crippen molar-refractivity contribution in [1.82, 2.24) is 5.32 Å². The minimum atomic E-state index is -1.02. The molecule has 3 aromatic carbocycles. The zero-order chi connectivity index (χ0) is 25.7. The molecule has 4 rings (SSSR count). The second-order valence-corrected chi connectivity index (χ2v) is 9.40. The van der Waals surface area contributed by atoms with Crippen LogP contribution in [0, 0.1) is 11.6 Å². The Morgan fingerprint density at radius 2 is 1.83 bits per heavy atom. The van der Waals surface area contributed by atoms with Gasteiger partial charge in [0.1, 0.15) is 11.6 Å². The van der Waals surface area contributed by atoms with Crippen molar-refractivity contribution in [3.05, 3.63) is 100 Å². The van der Waals surface area contributed by atoms with E-state index in [0.717, 1.165) is 31.7 Å². The Balaban J connectivity index is 1.56. The summed E-state index contributed by atoms with van der Waals surface area (Å²) in [4.78, 5) is 11.1. The normalized spacial score (nSPS) is 16.7. The van der Waals surface area contributed by atoms with Crippen LogP contribution in [0.4, 0.5) is 14.5 Å². The van der Waals surface area contributed by atoms with Gasteiger partial charge in [-0.3, -0.25) is 4.79 Å². The first-order valence-electron chi connectivity index (χ1n) is 12.4. The second-order valence-electron chi connectivity index (χ2n) is 9.40. The minimum absolute atomic E-state index is 0.0821. The average molecular weight is 495 g/mol. The third-order valence-corrected chi connectivity index (χ3v) is 6.74. The molecule has 0 heterocycles. The number of hydrogen-bond donors (Lipinski definition) is 4. The molecule has 0 spiro atoms. The number of halogens is 2. The highest BCUT2D eigenvalue weighted by Gasteiger charge is 2.26. The molecule has 0 aliphatic heterocycles. The van der Waals surface area contributed by atoms with Crippen molar-refractivity contribution < 1.29 is 23.8 Å². The Kier molecular flexibility index (Phi) is 8.33. The van der Waals surface area contributed by atoms with Crippen LogP contribution in [-0.4, -0.2) is 28.8 Å². The van der Waals surface area contributed by atoms with Crippen molar-refractivity contribution in [2.75, 3.05) is 11.9 Å². The van der Waals surface area contributed by atoms with E-state index in [4.69, 9.17) is 5.11 Å². The van der Waals surface area contributed by atoms with E-state index in [-0.39, 0.29) is 24.6 Å². The molecule has 0 radical (unpaired) electrons. The zero-order valence-corrected chi connectivity index (χ0v) is 20.3. The van der Waals surface area contributed by atoms with E-state index in [1.165, 1.54) is 28.8 Å². The van der Waals surface area contributed by atoms with E-state index < -0.39 is 29.7 Å². The van der Waals surface area contributed by atoms with Gasteiger partial charge in [-0.05, 0) is 77.8 Å². The molecule has 3 unspecified atom stereocenters. The molecule has 4 N–H and O–H groups in total. The lowest BCUT2D eigenvalue weighted by molar-refractivity contribution is -0.136. The van der Waals surface area contributed by atoms with Crippen LogP contribution in [0.2, 0.25) is 0 Å². The van der Waals surface area contributed by atoms with Crippen LogP contribution in [0.3, 0.4) is 0 Å². The highest BCUT2D eigenvalue weighted by molar-refractivity contribution is 5.70. The zero-order valence-electron chi connectivity index (χ0n) is 20.3. The van der Waals surface area contributed by atoms with Gasteiger partial charge in [0.2, 0.25) is 0 Å². The lowest BCUT2D eigenvalue weighted by Gasteiger charge is -2.31. The summed E-state index contributed by atoms with van der Waals surface area (Å²) in [5.41, 5.74) is 5.22. The molecule has 0 saturated heterocycles. The van der Waals surface area contributed by atoms with Gasteiger partial charge in [-0.15, -0.1) is 0 Å². The molecule has 7 heteroatoms. The lowest BCUT2D eigenvalue weighted by Crippen LogP contribution is -2.38. The van der Waals surface area contributed by atoms with E-state index in [9.17, 15) is 18.7 Å². The molecule has 3 atom stereocenters. The van der Waals surface area contributed by atoms with Crippen molar-refractivity contribution in [1.29, 1.82) is 0 Å². The number of nitrogens with one attached hydrogen (secondary N) is 2. The smallest absolute Gasteiger partial charge is 0.307 e. The standard InChI is InChI=1S/C29H32F2N2O3/c1-2-18-9-10-20-6-4-8-26(25(20)12-18)32-17-27(34)29(21-14-22(30)16-23(31)15-21)33-24-7-3-5-19(11-24)13-28(35)36/h3,5,7,9-12,14-16,26-27,29,32-34H,2,4,6,8,13,17H2,1H3,(H,35,36). The summed E-state index contributed by atoms with van der Waals surface area (Å²) in [5.74, 6) is -2.42. The number of carboxylic acids is 1. The number of fused-ring (bicyclic) bond motifs is 1. The van der Waals surface area contributed by atoms with E-state index >= 15 is 0 Å². The van der Waals surface area contributed by atoms with Crippen LogP contribution in [-0.2, 0) is 24.1 Å². The number of aliphatic hydroxyl groups is 1. The van der Waals surface area contributed by atoms with Gasteiger partial charge in [-0.25, -0.2) is 8.78 Å². The third-order valence-electron chi connectivity index (χ3n) is 6.74. The monoisotopic (exact) mass is 494 g/mol. The van der Waals surface area contributed by atoms with Crippen molar-refractivity contribution >= 4 is 11.7 Å². The Hall–Kier alpha value is -3.29. The third kappa shape index (κ3) is 6.47. The number of benzene rings is 3. The van der Waals surface area contributed by atoms with E-state index in [1.807, 2.05) is 0 Å². The summed E-state index contributed by atoms with van der Waals surface area (Å²) in [5, 5.41) is 27.0. The number of aliphatic hydroxyl groups excluding tert-OH is 1. The van der Waals surface area contributed by atoms with Gasteiger partial charge in [0.15, 0.2) is 0 Å². The van der Waals surface area contributed by atoms with Crippen LogP contribution in [0.25, 0.3) is 0 Å². The van der Waals surface area contributed by atoms with Gasteiger partial charge in [-0.1, -0.05) is 37.3 Å². The molecule has 36 heavy (non-hydrogen) atoms. The fourth-order valence-electron chi connectivity index (χ4n) is 4.94. The number of carboxylic acid groups (broad SMARTS) is 1. The number of hydrogen-bond acceptors (Lipinski definition) is 4. The van der Waals surface area contributed by atoms with E-state index in [0.29, 0.717) is 11.3 Å². The largest absolute Gasteiger partial charge is 0.481 e. The summed E-state index contributed by atoms with van der Waals surface area (Å²) in [6.07, 6.45) is 2.78. The quantitative estimate of drug-likeness (QED) is 0.306. The van der Waals surface area contributed by atoms with Crippen molar-refractivity contribution in [3.8, 4) is 0 Å². The molecule has 0 bridgehead atoms. The first-order chi connectivity index (χ1) is 17.3. The first kappa shape index (κ1) is 25.8. The molecule has 0 amide bonds. The van der Waals surface area contributed by atoms with Crippen LogP contribution in [0.1, 0.15) is 59.7 Å². The Bertz CT molecular complexity index is 1200. The maximum absolute atomic E-state index is 14.1. The number of carbonyl (C=O) groups is 1. The molecule has 1 aliphatic carbocycles. The fourth-order valence-corrected chi connectivity index (χ4v) is 4.94. The summed E-state index contributed by atoms with van der Waals surface area (Å²) < 4.78 is 28.2.